The molecule has 0 aliphatic carbocycles. The summed E-state index contributed by atoms with van der Waals surface area (Å²) in [5, 5.41) is 3.30. The van der Waals surface area contributed by atoms with E-state index >= 15 is 0 Å². The van der Waals surface area contributed by atoms with E-state index in [2.05, 4.69) is 10.2 Å². The van der Waals surface area contributed by atoms with E-state index < -0.39 is 0 Å². The Labute approximate surface area is 80.2 Å². The van der Waals surface area contributed by atoms with Gasteiger partial charge in [-0.3, -0.25) is 4.90 Å². The molecule has 0 spiro atoms. The van der Waals surface area contributed by atoms with Gasteiger partial charge in [0, 0.05) is 39.4 Å². The highest BCUT2D eigenvalue weighted by Crippen LogP contribution is 2.04. The van der Waals surface area contributed by atoms with E-state index in [9.17, 15) is 0 Å². The summed E-state index contributed by atoms with van der Waals surface area (Å²) in [5.41, 5.74) is 0. The molecule has 0 amide bonds. The van der Waals surface area contributed by atoms with Gasteiger partial charge in [-0.05, 0) is 13.8 Å². The molecule has 1 saturated heterocycles. The summed E-state index contributed by atoms with van der Waals surface area (Å²) in [6, 6.07) is 0. The number of hydrogen-bond acceptors (Lipinski definition) is 4. The van der Waals surface area contributed by atoms with Gasteiger partial charge < -0.3 is 14.8 Å². The highest BCUT2D eigenvalue weighted by Gasteiger charge is 2.20. The van der Waals surface area contributed by atoms with Gasteiger partial charge in [-0.15, -0.1) is 0 Å². The maximum absolute atomic E-state index is 5.50. The quantitative estimate of drug-likeness (QED) is 0.627. The highest BCUT2D eigenvalue weighted by molar-refractivity contribution is 4.66. The van der Waals surface area contributed by atoms with Crippen LogP contribution in [0.2, 0.25) is 0 Å². The van der Waals surface area contributed by atoms with Crippen molar-refractivity contribution in [2.45, 2.75) is 20.3 Å². The number of hydrogen-bond donors (Lipinski definition) is 1. The van der Waals surface area contributed by atoms with Gasteiger partial charge in [0.15, 0.2) is 0 Å². The van der Waals surface area contributed by atoms with Gasteiger partial charge in [0.25, 0.3) is 0 Å². The first-order valence-electron chi connectivity index (χ1n) is 5.06. The molecule has 78 valence electrons. The summed E-state index contributed by atoms with van der Waals surface area (Å²) in [6.07, 6.45) is -0.142. The predicted molar refractivity (Wildman–Crippen MR) is 51.5 cm³/mol. The van der Waals surface area contributed by atoms with Crippen LogP contribution in [0.15, 0.2) is 0 Å². The lowest BCUT2D eigenvalue weighted by Crippen LogP contribution is -2.50. The lowest BCUT2D eigenvalue weighted by Gasteiger charge is -2.33. The van der Waals surface area contributed by atoms with Gasteiger partial charge in [0.05, 0.1) is 0 Å². The van der Waals surface area contributed by atoms with E-state index in [1.54, 1.807) is 0 Å². The van der Waals surface area contributed by atoms with E-state index in [-0.39, 0.29) is 6.41 Å². The Bertz CT molecular complexity index is 121. The van der Waals surface area contributed by atoms with Gasteiger partial charge in [-0.2, -0.15) is 0 Å². The number of rotatable bonds is 5. The molecule has 1 heterocycles. The predicted octanol–water partition coefficient (Wildman–Crippen LogP) is 0.248. The average molecular weight is 188 g/mol. The van der Waals surface area contributed by atoms with Gasteiger partial charge in [-0.1, -0.05) is 0 Å². The summed E-state index contributed by atoms with van der Waals surface area (Å²) in [6.45, 7) is 9.45. The number of nitrogens with zero attached hydrogens (tertiary/aromatic N) is 1. The fraction of sp³-hybridized carbons (Fsp3) is 1.00. The van der Waals surface area contributed by atoms with Crippen LogP contribution in [0.25, 0.3) is 0 Å². The Balaban J connectivity index is 2.32. The van der Waals surface area contributed by atoms with Crippen LogP contribution in [0, 0.1) is 0 Å². The van der Waals surface area contributed by atoms with Crippen LogP contribution < -0.4 is 5.32 Å². The zero-order chi connectivity index (χ0) is 9.52. The first kappa shape index (κ1) is 10.9. The molecule has 0 unspecified atom stereocenters. The van der Waals surface area contributed by atoms with Crippen molar-refractivity contribution < 1.29 is 9.47 Å². The van der Waals surface area contributed by atoms with E-state index in [0.29, 0.717) is 13.2 Å². The van der Waals surface area contributed by atoms with E-state index in [1.165, 1.54) is 0 Å². The molecule has 0 aromatic rings. The molecule has 4 heteroatoms. The number of ether oxygens (including phenoxy) is 2. The normalized spacial score (nSPS) is 19.6. The Morgan fingerprint density at radius 1 is 1.15 bits per heavy atom. The van der Waals surface area contributed by atoms with Crippen molar-refractivity contribution >= 4 is 0 Å². The second-order valence-electron chi connectivity index (χ2n) is 3.00. The molecule has 1 rings (SSSR count). The Kier molecular flexibility index (Phi) is 5.31. The minimum Gasteiger partial charge on any atom is -0.340 e. The van der Waals surface area contributed by atoms with E-state index in [1.807, 2.05) is 13.8 Å². The fourth-order valence-electron chi connectivity index (χ4n) is 1.44. The van der Waals surface area contributed by atoms with Crippen molar-refractivity contribution in [3.63, 3.8) is 0 Å². The summed E-state index contributed by atoms with van der Waals surface area (Å²) >= 11 is 0. The molecule has 1 fully saturated rings. The molecule has 0 atom stereocenters. The summed E-state index contributed by atoms with van der Waals surface area (Å²) in [5.74, 6) is 0. The highest BCUT2D eigenvalue weighted by atomic mass is 16.7. The first-order valence-corrected chi connectivity index (χ1v) is 5.06. The number of piperazine rings is 1. The largest absolute Gasteiger partial charge is 0.340 e. The molecule has 1 N–H and O–H groups in total. The summed E-state index contributed by atoms with van der Waals surface area (Å²) in [4.78, 5) is 2.23. The molecule has 0 saturated carbocycles. The second kappa shape index (κ2) is 6.32. The third-order valence-electron chi connectivity index (χ3n) is 2.07. The van der Waals surface area contributed by atoms with Crippen LogP contribution in [-0.2, 0) is 9.47 Å². The standard InChI is InChI=1S/C9H20N2O2/c1-3-12-9(13-4-2)11-7-5-10-6-8-11/h9-10H,3-8H2,1-2H3. The molecule has 0 aromatic heterocycles. The maximum Gasteiger partial charge on any atom is 0.218 e. The molecule has 4 nitrogen and oxygen atoms in total. The molecule has 0 radical (unpaired) electrons. The molecule has 0 bridgehead atoms. The topological polar surface area (TPSA) is 33.7 Å². The van der Waals surface area contributed by atoms with Gasteiger partial charge in [0.1, 0.15) is 0 Å². The van der Waals surface area contributed by atoms with Crippen LogP contribution in [0.5, 0.6) is 0 Å². The summed E-state index contributed by atoms with van der Waals surface area (Å²) < 4.78 is 11.0. The monoisotopic (exact) mass is 188 g/mol. The number of nitrogens with one attached hydrogen (secondary N) is 1. The van der Waals surface area contributed by atoms with Crippen molar-refractivity contribution in [3.8, 4) is 0 Å². The van der Waals surface area contributed by atoms with Gasteiger partial charge in [-0.25, -0.2) is 0 Å². The first-order chi connectivity index (χ1) is 6.38. The van der Waals surface area contributed by atoms with Crippen LogP contribution in [0.1, 0.15) is 13.8 Å². The van der Waals surface area contributed by atoms with Crippen molar-refractivity contribution in [2.75, 3.05) is 39.4 Å². The zero-order valence-corrected chi connectivity index (χ0v) is 8.58. The van der Waals surface area contributed by atoms with Crippen molar-refractivity contribution in [2.24, 2.45) is 0 Å². The lowest BCUT2D eigenvalue weighted by molar-refractivity contribution is -0.222. The minimum atomic E-state index is -0.142. The third kappa shape index (κ3) is 3.60. The van der Waals surface area contributed by atoms with Crippen LogP contribution >= 0.6 is 0 Å². The molecule has 0 aromatic carbocycles. The van der Waals surface area contributed by atoms with Crippen LogP contribution in [0.4, 0.5) is 0 Å². The second-order valence-corrected chi connectivity index (χ2v) is 3.00. The van der Waals surface area contributed by atoms with Crippen LogP contribution in [-0.4, -0.2) is 50.7 Å². The Morgan fingerprint density at radius 2 is 1.69 bits per heavy atom. The molecule has 1 aliphatic heterocycles. The van der Waals surface area contributed by atoms with E-state index in [4.69, 9.17) is 9.47 Å². The van der Waals surface area contributed by atoms with E-state index in [0.717, 1.165) is 26.2 Å². The van der Waals surface area contributed by atoms with Gasteiger partial charge in [0.2, 0.25) is 6.41 Å². The minimum absolute atomic E-state index is 0.142. The molecule has 1 aliphatic rings. The third-order valence-corrected chi connectivity index (χ3v) is 2.07. The summed E-state index contributed by atoms with van der Waals surface area (Å²) in [7, 11) is 0. The fourth-order valence-corrected chi connectivity index (χ4v) is 1.44. The molecule has 13 heavy (non-hydrogen) atoms. The van der Waals surface area contributed by atoms with Gasteiger partial charge >= 0.3 is 0 Å². The SMILES string of the molecule is CCOC(OCC)N1CCNCC1. The smallest absolute Gasteiger partial charge is 0.218 e. The Morgan fingerprint density at radius 3 is 2.15 bits per heavy atom. The Hall–Kier alpha value is -0.160. The lowest BCUT2D eigenvalue weighted by atomic mass is 10.4. The van der Waals surface area contributed by atoms with Crippen molar-refractivity contribution in [1.29, 1.82) is 0 Å². The molecular formula is C9H20N2O2. The average Bonchev–Trinajstić information content (AvgIpc) is 2.19. The zero-order valence-electron chi connectivity index (χ0n) is 8.58. The van der Waals surface area contributed by atoms with Crippen molar-refractivity contribution in [1.82, 2.24) is 10.2 Å². The van der Waals surface area contributed by atoms with Crippen molar-refractivity contribution in [3.05, 3.63) is 0 Å². The molecular weight excluding hydrogens is 168 g/mol. The maximum atomic E-state index is 5.50. The van der Waals surface area contributed by atoms with Crippen LogP contribution in [0.3, 0.4) is 0 Å².